The lowest BCUT2D eigenvalue weighted by molar-refractivity contribution is 0.324. The fraction of sp³-hybridized carbons (Fsp3) is 0.211. The van der Waals surface area contributed by atoms with Crippen molar-refractivity contribution in [3.63, 3.8) is 0 Å². The van der Waals surface area contributed by atoms with Gasteiger partial charge in [0.15, 0.2) is 17.2 Å². The minimum atomic E-state index is -2.83. The molecule has 0 fully saturated rings. The monoisotopic (exact) mass is 436 g/mol. The summed E-state index contributed by atoms with van der Waals surface area (Å²) in [6.07, 6.45) is 0. The van der Waals surface area contributed by atoms with E-state index in [9.17, 15) is 4.57 Å². The average molecular weight is 436 g/mol. The number of hydrogen-bond donors (Lipinski definition) is 1. The molecule has 0 radical (unpaired) electrons. The Labute approximate surface area is 172 Å². The zero-order valence-electron chi connectivity index (χ0n) is 16.2. The van der Waals surface area contributed by atoms with E-state index in [-0.39, 0.29) is 5.75 Å². The van der Waals surface area contributed by atoms with E-state index in [1.54, 1.807) is 39.5 Å². The molecule has 0 saturated heterocycles. The van der Waals surface area contributed by atoms with Gasteiger partial charge in [-0.05, 0) is 47.4 Å². The molecule has 1 N–H and O–H groups in total. The van der Waals surface area contributed by atoms with Crippen LogP contribution in [0.2, 0.25) is 0 Å². The van der Waals surface area contributed by atoms with Crippen molar-refractivity contribution in [3.8, 4) is 51.1 Å². The molecule has 1 unspecified atom stereocenters. The summed E-state index contributed by atoms with van der Waals surface area (Å²) in [5, 5.41) is 1.90. The molecule has 0 saturated carbocycles. The molecule has 1 atom stereocenters. The number of ether oxygens (including phenoxy) is 4. The topological polar surface area (TPSA) is 96.3 Å². The average Bonchev–Trinajstić information content (AvgIpc) is 3.22. The maximum atomic E-state index is 11.1. The van der Waals surface area contributed by atoms with Crippen LogP contribution in [0.3, 0.4) is 0 Å². The quantitative estimate of drug-likeness (QED) is 0.514. The minimum Gasteiger partial charge on any atom is -0.493 e. The molecule has 0 aliphatic carbocycles. The predicted molar refractivity (Wildman–Crippen MR) is 110 cm³/mol. The summed E-state index contributed by atoms with van der Waals surface area (Å²) in [5.74, 6) is 2.04. The minimum absolute atomic E-state index is 0.150. The second-order valence-corrected chi connectivity index (χ2v) is 6.97. The van der Waals surface area contributed by atoms with E-state index >= 15 is 0 Å². The second kappa shape index (κ2) is 9.09. The Balaban J connectivity index is 2.12. The number of benzene rings is 2. The van der Waals surface area contributed by atoms with Crippen molar-refractivity contribution >= 4 is 19.8 Å². The van der Waals surface area contributed by atoms with Crippen LogP contribution < -0.4 is 23.5 Å². The van der Waals surface area contributed by atoms with Gasteiger partial charge in [-0.3, -0.25) is 0 Å². The van der Waals surface area contributed by atoms with Crippen molar-refractivity contribution in [2.24, 2.45) is 0 Å². The summed E-state index contributed by atoms with van der Waals surface area (Å²) in [5.41, 5.74) is 3.01. The third kappa shape index (κ3) is 4.27. The molecule has 1 heterocycles. The second-order valence-electron chi connectivity index (χ2n) is 5.69. The van der Waals surface area contributed by atoms with Gasteiger partial charge in [0.05, 0.1) is 34.1 Å². The maximum Gasteiger partial charge on any atom is 0.747 e. The smallest absolute Gasteiger partial charge is 0.493 e. The van der Waals surface area contributed by atoms with Crippen molar-refractivity contribution in [2.75, 3.05) is 28.4 Å². The van der Waals surface area contributed by atoms with E-state index in [0.29, 0.717) is 34.3 Å². The van der Waals surface area contributed by atoms with Gasteiger partial charge < -0.3 is 18.9 Å². The summed E-state index contributed by atoms with van der Waals surface area (Å²) < 4.78 is 42.1. The Morgan fingerprint density at radius 2 is 1.48 bits per heavy atom. The number of rotatable bonds is 8. The van der Waals surface area contributed by atoms with Gasteiger partial charge in [0, 0.05) is 21.1 Å². The molecule has 1 aromatic heterocycles. The van der Waals surface area contributed by atoms with Crippen molar-refractivity contribution in [3.05, 3.63) is 35.7 Å². The summed E-state index contributed by atoms with van der Waals surface area (Å²) >= 11 is 1.28. The van der Waals surface area contributed by atoms with Gasteiger partial charge in [0.25, 0.3) is 0 Å². The summed E-state index contributed by atoms with van der Waals surface area (Å²) in [6, 6.07) is 8.73. The van der Waals surface area contributed by atoms with Gasteiger partial charge in [0.2, 0.25) is 11.5 Å². The molecular weight excluding hydrogens is 417 g/mol. The summed E-state index contributed by atoms with van der Waals surface area (Å²) in [4.78, 5) is 9.12. The first-order valence-electron chi connectivity index (χ1n) is 8.29. The van der Waals surface area contributed by atoms with E-state index in [1.165, 1.54) is 18.6 Å². The van der Waals surface area contributed by atoms with E-state index in [1.807, 2.05) is 17.5 Å². The van der Waals surface area contributed by atoms with Gasteiger partial charge in [-0.2, -0.15) is 4.37 Å². The third-order valence-corrected chi connectivity index (χ3v) is 5.14. The van der Waals surface area contributed by atoms with E-state index in [2.05, 4.69) is 4.37 Å². The Hall–Kier alpha value is -2.87. The van der Waals surface area contributed by atoms with Crippen molar-refractivity contribution in [1.29, 1.82) is 0 Å². The van der Waals surface area contributed by atoms with Crippen LogP contribution in [-0.4, -0.2) is 37.7 Å². The number of hydrogen-bond acceptors (Lipinski definition) is 8. The third-order valence-electron chi connectivity index (χ3n) is 4.16. The largest absolute Gasteiger partial charge is 0.747 e. The lowest BCUT2D eigenvalue weighted by atomic mass is 10.0. The van der Waals surface area contributed by atoms with Crippen LogP contribution in [0.25, 0.3) is 22.4 Å². The Kier molecular flexibility index (Phi) is 6.53. The first kappa shape index (κ1) is 20.9. The standard InChI is InChI=1S/C19H18NO7PS/c1-23-14-6-5-11(7-15(14)27-28(21)22)18-13(10-29-20-18)12-8-16(24-2)19(26-4)17(9-12)25-3/h5-10H,1-4H3/p+1. The predicted octanol–water partition coefficient (Wildman–Crippen LogP) is 4.54. The van der Waals surface area contributed by atoms with Crippen LogP contribution in [0, 0.1) is 0 Å². The van der Waals surface area contributed by atoms with Crippen molar-refractivity contribution < 1.29 is 32.9 Å². The SMILES string of the molecule is COc1ccc(-c2nscc2-c2cc(OC)c(OC)c(OC)c2)cc1O[P+](=O)O. The van der Waals surface area contributed by atoms with Crippen LogP contribution >= 0.6 is 19.8 Å². The molecule has 8 nitrogen and oxygen atoms in total. The molecule has 2 aromatic carbocycles. The maximum absolute atomic E-state index is 11.1. The van der Waals surface area contributed by atoms with Crippen LogP contribution in [0.5, 0.6) is 28.7 Å². The molecule has 152 valence electrons. The van der Waals surface area contributed by atoms with E-state index in [4.69, 9.17) is 28.4 Å². The Morgan fingerprint density at radius 3 is 2.03 bits per heavy atom. The van der Waals surface area contributed by atoms with Gasteiger partial charge >= 0.3 is 8.25 Å². The van der Waals surface area contributed by atoms with E-state index < -0.39 is 8.25 Å². The molecule has 29 heavy (non-hydrogen) atoms. The lowest BCUT2D eigenvalue weighted by Gasteiger charge is -2.14. The van der Waals surface area contributed by atoms with Gasteiger partial charge in [0.1, 0.15) is 0 Å². The highest BCUT2D eigenvalue weighted by atomic mass is 32.1. The molecule has 0 amide bonds. The number of methoxy groups -OCH3 is 4. The zero-order valence-corrected chi connectivity index (χ0v) is 17.9. The van der Waals surface area contributed by atoms with Gasteiger partial charge in [-0.25, -0.2) is 4.52 Å². The molecule has 3 aromatic rings. The molecule has 10 heteroatoms. The first-order chi connectivity index (χ1) is 14.0. The Morgan fingerprint density at radius 1 is 0.862 bits per heavy atom. The highest BCUT2D eigenvalue weighted by molar-refractivity contribution is 7.32. The van der Waals surface area contributed by atoms with Crippen LogP contribution in [0.1, 0.15) is 0 Å². The summed E-state index contributed by atoms with van der Waals surface area (Å²) in [7, 11) is 3.27. The normalized spacial score (nSPS) is 11.0. The van der Waals surface area contributed by atoms with Gasteiger partial charge in [-0.1, -0.05) is 0 Å². The first-order valence-corrected chi connectivity index (χ1v) is 10.3. The molecule has 3 rings (SSSR count). The highest BCUT2D eigenvalue weighted by Crippen LogP contribution is 2.44. The summed E-state index contributed by atoms with van der Waals surface area (Å²) in [6.45, 7) is 0. The van der Waals surface area contributed by atoms with Crippen LogP contribution in [-0.2, 0) is 4.57 Å². The molecule has 0 aliphatic rings. The van der Waals surface area contributed by atoms with Crippen LogP contribution in [0.15, 0.2) is 35.7 Å². The molecular formula is C19H19NO7PS+. The van der Waals surface area contributed by atoms with Crippen molar-refractivity contribution in [1.82, 2.24) is 4.37 Å². The fourth-order valence-electron chi connectivity index (χ4n) is 2.87. The van der Waals surface area contributed by atoms with Gasteiger partial charge in [-0.15, -0.1) is 4.89 Å². The van der Waals surface area contributed by atoms with Crippen molar-refractivity contribution in [2.45, 2.75) is 0 Å². The lowest BCUT2D eigenvalue weighted by Crippen LogP contribution is -1.96. The molecule has 0 aliphatic heterocycles. The molecule has 0 bridgehead atoms. The highest BCUT2D eigenvalue weighted by Gasteiger charge is 2.22. The van der Waals surface area contributed by atoms with E-state index in [0.717, 1.165) is 11.1 Å². The fourth-order valence-corrected chi connectivity index (χ4v) is 3.89. The zero-order chi connectivity index (χ0) is 21.0. The number of nitrogens with zero attached hydrogens (tertiary/aromatic N) is 1. The Bertz CT molecular complexity index is 1010. The molecule has 0 spiro atoms. The number of aromatic nitrogens is 1. The van der Waals surface area contributed by atoms with Crippen LogP contribution in [0.4, 0.5) is 0 Å².